The van der Waals surface area contributed by atoms with Gasteiger partial charge in [0.25, 0.3) is 0 Å². The Morgan fingerprint density at radius 2 is 2.27 bits per heavy atom. The van der Waals surface area contributed by atoms with Crippen LogP contribution in [0.25, 0.3) is 0 Å². The molecular weight excluding hydrogens is 208 g/mol. The summed E-state index contributed by atoms with van der Waals surface area (Å²) in [6, 6.07) is 0. The molecule has 0 fully saturated rings. The van der Waals surface area contributed by atoms with Crippen LogP contribution in [0.5, 0.6) is 0 Å². The van der Waals surface area contributed by atoms with Crippen LogP contribution in [-0.2, 0) is 13.0 Å². The molecule has 2 rings (SSSR count). The van der Waals surface area contributed by atoms with Crippen LogP contribution >= 0.6 is 15.9 Å². The molecule has 0 saturated carbocycles. The Bertz CT molecular complexity index is 257. The third kappa shape index (κ3) is 1.30. The van der Waals surface area contributed by atoms with E-state index < -0.39 is 0 Å². The molecule has 2 heterocycles. The number of halogens is 1. The van der Waals surface area contributed by atoms with Crippen LogP contribution in [0, 0.1) is 0 Å². The molecule has 1 aromatic heterocycles. The van der Waals surface area contributed by atoms with Gasteiger partial charge in [0.1, 0.15) is 5.82 Å². The van der Waals surface area contributed by atoms with Crippen LogP contribution in [0.2, 0.25) is 0 Å². The van der Waals surface area contributed by atoms with Crippen molar-refractivity contribution in [3.8, 4) is 0 Å². The quantitative estimate of drug-likeness (QED) is 0.674. The first-order valence-corrected chi connectivity index (χ1v) is 4.45. The summed E-state index contributed by atoms with van der Waals surface area (Å²) in [6.07, 6.45) is 0.971. The van der Waals surface area contributed by atoms with Crippen molar-refractivity contribution in [3.63, 3.8) is 0 Å². The number of hydrogen-bond acceptors (Lipinski definition) is 3. The fraction of sp³-hybridized carbons (Fsp3) is 0.667. The Balaban J connectivity index is 2.35. The van der Waals surface area contributed by atoms with Gasteiger partial charge in [0, 0.05) is 26.1 Å². The van der Waals surface area contributed by atoms with E-state index >= 15 is 0 Å². The molecule has 1 N–H and O–H groups in total. The summed E-state index contributed by atoms with van der Waals surface area (Å²) in [5.41, 5.74) is 0. The second kappa shape index (κ2) is 2.91. The van der Waals surface area contributed by atoms with Gasteiger partial charge in [0.2, 0.25) is 0 Å². The van der Waals surface area contributed by atoms with Gasteiger partial charge >= 0.3 is 0 Å². The molecule has 1 aromatic rings. The Kier molecular flexibility index (Phi) is 1.91. The van der Waals surface area contributed by atoms with E-state index in [0.29, 0.717) is 0 Å². The smallest absolute Gasteiger partial charge is 0.200 e. The van der Waals surface area contributed by atoms with E-state index in [0.717, 1.165) is 36.6 Å². The summed E-state index contributed by atoms with van der Waals surface area (Å²) >= 11 is 3.35. The summed E-state index contributed by atoms with van der Waals surface area (Å²) in [5, 5.41) is 11.3. The lowest BCUT2D eigenvalue weighted by atomic mass is 10.4. The summed E-state index contributed by atoms with van der Waals surface area (Å²) in [6.45, 7) is 2.97. The second-order valence-corrected chi connectivity index (χ2v) is 3.25. The lowest BCUT2D eigenvalue weighted by Gasteiger charge is -2.00. The highest BCUT2D eigenvalue weighted by Gasteiger charge is 2.11. The molecule has 1 aliphatic heterocycles. The third-order valence-corrected chi connectivity index (χ3v) is 2.41. The fourth-order valence-electron chi connectivity index (χ4n) is 1.24. The lowest BCUT2D eigenvalue weighted by molar-refractivity contribution is 0.634. The van der Waals surface area contributed by atoms with Crippen LogP contribution < -0.4 is 5.32 Å². The average molecular weight is 217 g/mol. The van der Waals surface area contributed by atoms with Gasteiger partial charge in [-0.1, -0.05) is 0 Å². The van der Waals surface area contributed by atoms with E-state index in [1.54, 1.807) is 0 Å². The van der Waals surface area contributed by atoms with Crippen molar-refractivity contribution in [1.82, 2.24) is 20.1 Å². The summed E-state index contributed by atoms with van der Waals surface area (Å²) in [7, 11) is 0. The molecular formula is C6H9BrN4. The van der Waals surface area contributed by atoms with Gasteiger partial charge in [0.15, 0.2) is 4.73 Å². The molecule has 0 aliphatic carbocycles. The standard InChI is InChI=1S/C6H9BrN4/c7-6-10-9-5-1-2-8-3-4-11(5)6/h8H,1-4H2. The highest BCUT2D eigenvalue weighted by molar-refractivity contribution is 9.10. The Morgan fingerprint density at radius 1 is 1.36 bits per heavy atom. The van der Waals surface area contributed by atoms with Crippen molar-refractivity contribution in [2.24, 2.45) is 0 Å². The number of fused-ring (bicyclic) bond motifs is 1. The van der Waals surface area contributed by atoms with Crippen molar-refractivity contribution in [3.05, 3.63) is 10.6 Å². The maximum atomic E-state index is 4.04. The van der Waals surface area contributed by atoms with E-state index in [-0.39, 0.29) is 0 Å². The van der Waals surface area contributed by atoms with Crippen LogP contribution in [0.4, 0.5) is 0 Å². The molecule has 0 unspecified atom stereocenters. The van der Waals surface area contributed by atoms with Crippen LogP contribution in [0.15, 0.2) is 4.73 Å². The van der Waals surface area contributed by atoms with Crippen LogP contribution in [-0.4, -0.2) is 27.9 Å². The van der Waals surface area contributed by atoms with E-state index in [2.05, 4.69) is 36.0 Å². The molecule has 0 amide bonds. The minimum absolute atomic E-state index is 0.844. The molecule has 0 radical (unpaired) electrons. The first-order valence-electron chi connectivity index (χ1n) is 3.66. The number of hydrogen-bond donors (Lipinski definition) is 1. The molecule has 0 atom stereocenters. The Morgan fingerprint density at radius 3 is 3.18 bits per heavy atom. The lowest BCUT2D eigenvalue weighted by Crippen LogP contribution is -2.17. The van der Waals surface area contributed by atoms with Crippen molar-refractivity contribution in [1.29, 1.82) is 0 Å². The number of nitrogens with one attached hydrogen (secondary N) is 1. The first-order chi connectivity index (χ1) is 5.38. The van der Waals surface area contributed by atoms with Gasteiger partial charge in [-0.05, 0) is 15.9 Å². The zero-order valence-corrected chi connectivity index (χ0v) is 7.63. The van der Waals surface area contributed by atoms with Gasteiger partial charge in [-0.15, -0.1) is 10.2 Å². The molecule has 1 aliphatic rings. The van der Waals surface area contributed by atoms with Crippen LogP contribution in [0.1, 0.15) is 5.82 Å². The fourth-order valence-corrected chi connectivity index (χ4v) is 1.70. The molecule has 60 valence electrons. The van der Waals surface area contributed by atoms with Gasteiger partial charge in [-0.3, -0.25) is 0 Å². The molecule has 0 bridgehead atoms. The van der Waals surface area contributed by atoms with Crippen molar-refractivity contribution in [2.75, 3.05) is 13.1 Å². The van der Waals surface area contributed by atoms with Gasteiger partial charge < -0.3 is 9.88 Å². The summed E-state index contributed by atoms with van der Waals surface area (Å²) in [5.74, 6) is 1.07. The maximum absolute atomic E-state index is 4.04. The third-order valence-electron chi connectivity index (χ3n) is 1.82. The highest BCUT2D eigenvalue weighted by Crippen LogP contribution is 2.10. The Labute approximate surface area is 73.1 Å². The van der Waals surface area contributed by atoms with Crippen LogP contribution in [0.3, 0.4) is 0 Å². The van der Waals surface area contributed by atoms with Gasteiger partial charge in [0.05, 0.1) is 0 Å². The molecule has 0 saturated heterocycles. The highest BCUT2D eigenvalue weighted by atomic mass is 79.9. The van der Waals surface area contributed by atoms with Crippen molar-refractivity contribution in [2.45, 2.75) is 13.0 Å². The monoisotopic (exact) mass is 216 g/mol. The van der Waals surface area contributed by atoms with Gasteiger partial charge in [-0.25, -0.2) is 0 Å². The summed E-state index contributed by atoms with van der Waals surface area (Å²) in [4.78, 5) is 0. The SMILES string of the molecule is Brc1nnc2n1CCNCC2. The van der Waals surface area contributed by atoms with Crippen molar-refractivity contribution < 1.29 is 0 Å². The van der Waals surface area contributed by atoms with Gasteiger partial charge in [-0.2, -0.15) is 0 Å². The normalized spacial score (nSPS) is 17.5. The topological polar surface area (TPSA) is 42.7 Å². The minimum atomic E-state index is 0.844. The second-order valence-electron chi connectivity index (χ2n) is 2.54. The maximum Gasteiger partial charge on any atom is 0.200 e. The molecule has 5 heteroatoms. The molecule has 4 nitrogen and oxygen atoms in total. The molecule has 0 aromatic carbocycles. The number of aromatic nitrogens is 3. The zero-order valence-electron chi connectivity index (χ0n) is 6.05. The summed E-state index contributed by atoms with van der Waals surface area (Å²) < 4.78 is 2.94. The molecule has 0 spiro atoms. The Hall–Kier alpha value is -0.420. The van der Waals surface area contributed by atoms with E-state index in [1.165, 1.54) is 0 Å². The number of rotatable bonds is 0. The predicted molar refractivity (Wildman–Crippen MR) is 44.3 cm³/mol. The molecule has 11 heavy (non-hydrogen) atoms. The average Bonchev–Trinajstić information content (AvgIpc) is 2.25. The predicted octanol–water partition coefficient (Wildman–Crippen LogP) is 0.186. The number of nitrogens with zero attached hydrogens (tertiary/aromatic N) is 3. The van der Waals surface area contributed by atoms with E-state index in [9.17, 15) is 0 Å². The first kappa shape index (κ1) is 7.24. The van der Waals surface area contributed by atoms with Crippen molar-refractivity contribution >= 4 is 15.9 Å². The largest absolute Gasteiger partial charge is 0.315 e. The zero-order chi connectivity index (χ0) is 7.68. The van der Waals surface area contributed by atoms with E-state index in [1.807, 2.05) is 0 Å². The van der Waals surface area contributed by atoms with E-state index in [4.69, 9.17) is 0 Å². The minimum Gasteiger partial charge on any atom is -0.315 e.